The average molecular weight is 455 g/mol. The molecule has 0 bridgehead atoms. The number of hydrogen-bond acceptors (Lipinski definition) is 7. The first kappa shape index (κ1) is 21.0. The summed E-state index contributed by atoms with van der Waals surface area (Å²) in [6.07, 6.45) is 2.67. The van der Waals surface area contributed by atoms with Gasteiger partial charge in [0, 0.05) is 17.4 Å². The number of anilines is 1. The number of ketones is 1. The third kappa shape index (κ3) is 4.42. The normalized spacial score (nSPS) is 11.5. The molecule has 0 N–H and O–H groups in total. The van der Waals surface area contributed by atoms with Crippen molar-refractivity contribution in [2.75, 3.05) is 11.2 Å². The largest absolute Gasteiger partial charge is 0.467 e. The van der Waals surface area contributed by atoms with Gasteiger partial charge in [-0.25, -0.2) is 13.4 Å². The van der Waals surface area contributed by atoms with Gasteiger partial charge in [0.1, 0.15) is 5.76 Å². The fourth-order valence-corrected chi connectivity index (χ4v) is 4.75. The Morgan fingerprint density at radius 2 is 1.77 bits per heavy atom. The van der Waals surface area contributed by atoms with Crippen molar-refractivity contribution in [3.8, 4) is 0 Å². The number of benzene rings is 2. The second-order valence-electron chi connectivity index (χ2n) is 7.00. The Kier molecular flexibility index (Phi) is 5.47. The lowest BCUT2D eigenvalue weighted by atomic mass is 10.1. The molecule has 0 atom stereocenters. The first-order valence-electron chi connectivity index (χ1n) is 9.28. The van der Waals surface area contributed by atoms with Gasteiger partial charge in [0.2, 0.25) is 0 Å². The number of carbonyl (C=O) groups excluding carboxylic acids is 2. The molecule has 7 nitrogen and oxygen atoms in total. The summed E-state index contributed by atoms with van der Waals surface area (Å²) >= 11 is 1.22. The Labute approximate surface area is 182 Å². The number of hydrogen-bond donors (Lipinski definition) is 0. The van der Waals surface area contributed by atoms with Gasteiger partial charge in [-0.05, 0) is 49.4 Å². The molecule has 2 heterocycles. The van der Waals surface area contributed by atoms with Crippen LogP contribution < -0.4 is 4.90 Å². The van der Waals surface area contributed by atoms with Gasteiger partial charge in [-0.3, -0.25) is 14.5 Å². The molecule has 0 spiro atoms. The van der Waals surface area contributed by atoms with Crippen molar-refractivity contribution in [1.82, 2.24) is 4.98 Å². The maximum Gasteiger partial charge on any atom is 0.260 e. The summed E-state index contributed by atoms with van der Waals surface area (Å²) in [5, 5.41) is 0.415. The predicted octanol–water partition coefficient (Wildman–Crippen LogP) is 4.34. The molecule has 0 fully saturated rings. The number of aromatic nitrogens is 1. The molecule has 4 aromatic rings. The molecule has 0 unspecified atom stereocenters. The third-order valence-corrected chi connectivity index (χ3v) is 6.84. The van der Waals surface area contributed by atoms with E-state index in [-0.39, 0.29) is 23.1 Å². The van der Waals surface area contributed by atoms with Crippen molar-refractivity contribution >= 4 is 48.2 Å². The van der Waals surface area contributed by atoms with Crippen LogP contribution >= 0.6 is 11.3 Å². The maximum atomic E-state index is 13.3. The number of nitrogens with zero attached hydrogens (tertiary/aromatic N) is 2. The van der Waals surface area contributed by atoms with Gasteiger partial charge in [0.25, 0.3) is 5.91 Å². The first-order valence-corrected chi connectivity index (χ1v) is 12.0. The zero-order valence-corrected chi connectivity index (χ0v) is 18.4. The van der Waals surface area contributed by atoms with Crippen molar-refractivity contribution in [1.29, 1.82) is 0 Å². The van der Waals surface area contributed by atoms with E-state index >= 15 is 0 Å². The van der Waals surface area contributed by atoms with Crippen molar-refractivity contribution in [3.05, 3.63) is 77.7 Å². The fourth-order valence-electron chi connectivity index (χ4n) is 3.03. The highest BCUT2D eigenvalue weighted by molar-refractivity contribution is 7.90. The van der Waals surface area contributed by atoms with Gasteiger partial charge in [0.05, 0.1) is 27.9 Å². The molecular formula is C22H18N2O5S2. The highest BCUT2D eigenvalue weighted by Crippen LogP contribution is 2.32. The van der Waals surface area contributed by atoms with Crippen LogP contribution in [0.4, 0.5) is 5.13 Å². The van der Waals surface area contributed by atoms with Crippen molar-refractivity contribution in [3.63, 3.8) is 0 Å². The summed E-state index contributed by atoms with van der Waals surface area (Å²) in [5.74, 6) is 0.179. The Morgan fingerprint density at radius 1 is 1.06 bits per heavy atom. The molecule has 0 aliphatic heterocycles. The van der Waals surface area contributed by atoms with Crippen LogP contribution in [-0.2, 0) is 16.4 Å². The number of sulfone groups is 1. The van der Waals surface area contributed by atoms with E-state index in [4.69, 9.17) is 4.42 Å². The standard InChI is InChI=1S/C22H18N2O5S2/c1-14(25)15-5-7-16(8-6-15)21(26)24(13-17-4-3-11-29-17)22-23-19-10-9-18(31(2,27)28)12-20(19)30-22/h3-12H,13H2,1-2H3. The van der Waals surface area contributed by atoms with Crippen LogP contribution in [0, 0.1) is 0 Å². The SMILES string of the molecule is CC(=O)c1ccc(C(=O)N(Cc2ccco2)c2nc3ccc(S(C)(=O)=O)cc3s2)cc1. The van der Waals surface area contributed by atoms with E-state index in [9.17, 15) is 18.0 Å². The molecule has 0 saturated heterocycles. The number of thiazole rings is 1. The lowest BCUT2D eigenvalue weighted by Gasteiger charge is -2.19. The topological polar surface area (TPSA) is 97.6 Å². The third-order valence-electron chi connectivity index (χ3n) is 4.69. The van der Waals surface area contributed by atoms with Crippen molar-refractivity contribution < 1.29 is 22.4 Å². The van der Waals surface area contributed by atoms with Gasteiger partial charge >= 0.3 is 0 Å². The molecule has 4 rings (SSSR count). The van der Waals surface area contributed by atoms with Gasteiger partial charge in [0.15, 0.2) is 20.8 Å². The van der Waals surface area contributed by atoms with Gasteiger partial charge in [-0.2, -0.15) is 0 Å². The number of Topliss-reactive ketones (excluding diaryl/α,β-unsaturated/α-hetero) is 1. The molecule has 2 aromatic carbocycles. The molecule has 0 saturated carbocycles. The zero-order chi connectivity index (χ0) is 22.2. The van der Waals surface area contributed by atoms with Gasteiger partial charge in [-0.1, -0.05) is 23.5 Å². The number of furan rings is 1. The average Bonchev–Trinajstić information content (AvgIpc) is 3.39. The van der Waals surface area contributed by atoms with Crippen LogP contribution in [0.25, 0.3) is 10.2 Å². The molecule has 0 radical (unpaired) electrons. The molecule has 0 aliphatic rings. The molecule has 31 heavy (non-hydrogen) atoms. The number of fused-ring (bicyclic) bond motifs is 1. The van der Waals surface area contributed by atoms with E-state index in [2.05, 4.69) is 4.98 Å². The monoisotopic (exact) mass is 454 g/mol. The van der Waals surface area contributed by atoms with E-state index in [0.717, 1.165) is 6.26 Å². The summed E-state index contributed by atoms with van der Waals surface area (Å²) in [6.45, 7) is 1.62. The number of amides is 1. The minimum Gasteiger partial charge on any atom is -0.467 e. The van der Waals surface area contributed by atoms with Gasteiger partial charge < -0.3 is 4.42 Å². The van der Waals surface area contributed by atoms with Crippen molar-refractivity contribution in [2.24, 2.45) is 0 Å². The van der Waals surface area contributed by atoms with Crippen molar-refractivity contribution in [2.45, 2.75) is 18.4 Å². The van der Waals surface area contributed by atoms with Crippen LogP contribution in [0.15, 0.2) is 70.2 Å². The van der Waals surface area contributed by atoms with Crippen LogP contribution in [0.3, 0.4) is 0 Å². The Bertz CT molecular complexity index is 1370. The lowest BCUT2D eigenvalue weighted by molar-refractivity contribution is 0.0979. The molecule has 158 valence electrons. The molecule has 2 aromatic heterocycles. The van der Waals surface area contributed by atoms with E-state index in [1.807, 2.05) is 0 Å². The Balaban J connectivity index is 1.75. The number of rotatable bonds is 6. The highest BCUT2D eigenvalue weighted by atomic mass is 32.2. The summed E-state index contributed by atoms with van der Waals surface area (Å²) < 4.78 is 29.8. The highest BCUT2D eigenvalue weighted by Gasteiger charge is 2.23. The van der Waals surface area contributed by atoms with Gasteiger partial charge in [-0.15, -0.1) is 0 Å². The van der Waals surface area contributed by atoms with Crippen LogP contribution in [0.2, 0.25) is 0 Å². The summed E-state index contributed by atoms with van der Waals surface area (Å²) in [7, 11) is -3.36. The molecule has 9 heteroatoms. The summed E-state index contributed by atoms with van der Waals surface area (Å²) in [4.78, 5) is 31.1. The fraction of sp³-hybridized carbons (Fsp3) is 0.136. The van der Waals surface area contributed by atoms with Crippen LogP contribution in [-0.4, -0.2) is 31.3 Å². The van der Waals surface area contributed by atoms with E-state index in [1.54, 1.807) is 48.5 Å². The van der Waals surface area contributed by atoms with Crippen LogP contribution in [0.5, 0.6) is 0 Å². The van der Waals surface area contributed by atoms with Crippen LogP contribution in [0.1, 0.15) is 33.4 Å². The molecule has 1 amide bonds. The first-order chi connectivity index (χ1) is 14.7. The zero-order valence-electron chi connectivity index (χ0n) is 16.7. The quantitative estimate of drug-likeness (QED) is 0.402. The number of carbonyl (C=O) groups is 2. The summed E-state index contributed by atoms with van der Waals surface area (Å²) in [6, 6.07) is 14.6. The predicted molar refractivity (Wildman–Crippen MR) is 118 cm³/mol. The second-order valence-corrected chi connectivity index (χ2v) is 10.0. The Hall–Kier alpha value is -3.30. The minimum atomic E-state index is -3.36. The second kappa shape index (κ2) is 8.09. The van der Waals surface area contributed by atoms with E-state index < -0.39 is 9.84 Å². The maximum absolute atomic E-state index is 13.3. The summed E-state index contributed by atoms with van der Waals surface area (Å²) in [5.41, 5.74) is 1.51. The minimum absolute atomic E-state index is 0.0840. The van der Waals surface area contributed by atoms with E-state index in [1.165, 1.54) is 35.5 Å². The van der Waals surface area contributed by atoms with E-state index in [0.29, 0.717) is 32.2 Å². The Morgan fingerprint density at radius 3 is 2.39 bits per heavy atom. The molecule has 0 aliphatic carbocycles. The molecular weight excluding hydrogens is 436 g/mol. The lowest BCUT2D eigenvalue weighted by Crippen LogP contribution is -2.30. The smallest absolute Gasteiger partial charge is 0.260 e.